The van der Waals surface area contributed by atoms with Crippen molar-refractivity contribution in [3.8, 4) is 11.5 Å². The van der Waals surface area contributed by atoms with Crippen LogP contribution in [0.5, 0.6) is 11.5 Å². The van der Waals surface area contributed by atoms with Gasteiger partial charge in [-0.05, 0) is 109 Å². The van der Waals surface area contributed by atoms with Crippen LogP contribution in [0.15, 0.2) is 0 Å². The van der Waals surface area contributed by atoms with Crippen LogP contribution in [0.25, 0.3) is 0 Å². The van der Waals surface area contributed by atoms with Gasteiger partial charge >= 0.3 is 0 Å². The molecule has 0 aromatic heterocycles. The fourth-order valence-corrected chi connectivity index (χ4v) is 6.22. The second-order valence-corrected chi connectivity index (χ2v) is 14.7. The first-order chi connectivity index (χ1) is 26.5. The number of ether oxygens (including phenoxy) is 1. The van der Waals surface area contributed by atoms with E-state index in [1.807, 2.05) is 20.8 Å². The lowest BCUT2D eigenvalue weighted by Gasteiger charge is -2.36. The van der Waals surface area contributed by atoms with Gasteiger partial charge in [0.25, 0.3) is 5.91 Å². The lowest BCUT2D eigenvalue weighted by molar-refractivity contribution is -0.166. The van der Waals surface area contributed by atoms with Crippen LogP contribution in [0.3, 0.4) is 0 Å². The van der Waals surface area contributed by atoms with Gasteiger partial charge in [0.2, 0.25) is 29.5 Å². The molecule has 1 aliphatic heterocycles. The van der Waals surface area contributed by atoms with Gasteiger partial charge in [-0.2, -0.15) is 0 Å². The van der Waals surface area contributed by atoms with Gasteiger partial charge in [-0.15, -0.1) is 0 Å². The van der Waals surface area contributed by atoms with E-state index in [0.29, 0.717) is 111 Å². The quantitative estimate of drug-likeness (QED) is 0.0430. The third kappa shape index (κ3) is 15.9. The lowest BCUT2D eigenvalue weighted by Crippen LogP contribution is -2.51. The van der Waals surface area contributed by atoms with Crippen molar-refractivity contribution >= 4 is 35.4 Å². The summed E-state index contributed by atoms with van der Waals surface area (Å²) >= 11 is 0. The van der Waals surface area contributed by atoms with Crippen molar-refractivity contribution < 1.29 is 54.2 Å². The Morgan fingerprint density at radius 2 is 1.07 bits per heavy atom. The fourth-order valence-electron chi connectivity index (χ4n) is 6.22. The lowest BCUT2D eigenvalue weighted by atomic mass is 9.86. The van der Waals surface area contributed by atoms with Crippen LogP contribution in [0.4, 0.5) is 0 Å². The summed E-state index contributed by atoms with van der Waals surface area (Å²) < 4.78 is 6.22. The van der Waals surface area contributed by atoms with Gasteiger partial charge in [0.15, 0.2) is 5.60 Å². The predicted octanol–water partition coefficient (Wildman–Crippen LogP) is 3.49. The third-order valence-electron chi connectivity index (χ3n) is 10.1. The first-order valence-electron chi connectivity index (χ1n) is 19.8. The van der Waals surface area contributed by atoms with E-state index in [9.17, 15) is 49.5 Å². The molecule has 0 saturated heterocycles. The van der Waals surface area contributed by atoms with Crippen LogP contribution < -0.4 is 20.7 Å². The number of nitrogens with zero attached hydrogens (tertiary/aromatic N) is 3. The van der Waals surface area contributed by atoms with Crippen LogP contribution in [0.1, 0.15) is 126 Å². The van der Waals surface area contributed by atoms with Crippen molar-refractivity contribution in [2.45, 2.75) is 137 Å². The number of amides is 6. The molecular formula is C39H64N6O11. The maximum atomic E-state index is 13.0. The van der Waals surface area contributed by atoms with Gasteiger partial charge < -0.3 is 25.8 Å². The average molecular weight is 793 g/mol. The van der Waals surface area contributed by atoms with Gasteiger partial charge in [-0.3, -0.25) is 44.4 Å². The molecule has 17 nitrogen and oxygen atoms in total. The molecule has 7 N–H and O–H groups in total. The molecule has 2 rings (SSSR count). The highest BCUT2D eigenvalue weighted by molar-refractivity contribution is 5.86. The molecule has 1 atom stereocenters. The summed E-state index contributed by atoms with van der Waals surface area (Å²) in [5.74, 6) is -1.49. The first-order valence-corrected chi connectivity index (χ1v) is 19.8. The van der Waals surface area contributed by atoms with Crippen molar-refractivity contribution in [3.63, 3.8) is 0 Å². The van der Waals surface area contributed by atoms with Crippen molar-refractivity contribution in [2.24, 2.45) is 0 Å². The Labute approximate surface area is 330 Å². The molecule has 56 heavy (non-hydrogen) atoms. The number of unbranched alkanes of at least 4 members (excludes halogenated alkanes) is 6. The average Bonchev–Trinajstić information content (AvgIpc) is 3.17. The Balaban J connectivity index is 1.48. The van der Waals surface area contributed by atoms with E-state index >= 15 is 0 Å². The van der Waals surface area contributed by atoms with Crippen molar-refractivity contribution in [3.05, 3.63) is 22.3 Å². The molecule has 0 radical (unpaired) electrons. The molecular weight excluding hydrogens is 728 g/mol. The van der Waals surface area contributed by atoms with Crippen LogP contribution in [-0.2, 0) is 35.2 Å². The summed E-state index contributed by atoms with van der Waals surface area (Å²) in [5, 5.41) is 50.0. The number of aromatic hydroxyl groups is 1. The minimum absolute atomic E-state index is 0.0601. The number of phenolic OH excluding ortho intramolecular Hbond substituents is 1. The Hall–Kier alpha value is -4.48. The smallest absolute Gasteiger partial charge is 0.263 e. The number of phenols is 1. The summed E-state index contributed by atoms with van der Waals surface area (Å²) in [5.41, 5.74) is 2.24. The third-order valence-corrected chi connectivity index (χ3v) is 10.1. The molecule has 0 unspecified atom stereocenters. The first kappa shape index (κ1) is 47.7. The van der Waals surface area contributed by atoms with E-state index in [2.05, 4.69) is 16.0 Å². The summed E-state index contributed by atoms with van der Waals surface area (Å²) in [7, 11) is 0. The minimum atomic E-state index is -1.03. The Morgan fingerprint density at radius 1 is 0.625 bits per heavy atom. The van der Waals surface area contributed by atoms with Crippen LogP contribution in [0, 0.1) is 20.8 Å². The predicted molar refractivity (Wildman–Crippen MR) is 205 cm³/mol. The van der Waals surface area contributed by atoms with Crippen LogP contribution in [-0.4, -0.2) is 116 Å². The summed E-state index contributed by atoms with van der Waals surface area (Å²) in [6.45, 7) is 10.2. The number of fused-ring (bicyclic) bond motifs is 1. The molecule has 17 heteroatoms. The molecule has 1 heterocycles. The van der Waals surface area contributed by atoms with E-state index in [1.165, 1.54) is 6.92 Å². The Morgan fingerprint density at radius 3 is 1.54 bits per heavy atom. The van der Waals surface area contributed by atoms with E-state index in [-0.39, 0.29) is 68.8 Å². The van der Waals surface area contributed by atoms with Gasteiger partial charge in [0.05, 0.1) is 0 Å². The summed E-state index contributed by atoms with van der Waals surface area (Å²) in [4.78, 5) is 72.5. The number of rotatable bonds is 25. The van der Waals surface area contributed by atoms with Crippen molar-refractivity contribution in [2.75, 3.05) is 39.3 Å². The van der Waals surface area contributed by atoms with Gasteiger partial charge in [0.1, 0.15) is 11.5 Å². The molecule has 1 aliphatic rings. The second kappa shape index (κ2) is 24.2. The van der Waals surface area contributed by atoms with Crippen molar-refractivity contribution in [1.82, 2.24) is 31.1 Å². The van der Waals surface area contributed by atoms with Gasteiger partial charge in [-0.1, -0.05) is 0 Å². The summed E-state index contributed by atoms with van der Waals surface area (Å²) in [6.07, 6.45) is 6.12. The zero-order valence-corrected chi connectivity index (χ0v) is 33.8. The second-order valence-electron chi connectivity index (χ2n) is 14.7. The molecule has 0 bridgehead atoms. The molecule has 0 fully saturated rings. The Kier molecular flexibility index (Phi) is 20.6. The Bertz CT molecular complexity index is 1510. The molecule has 6 amide bonds. The van der Waals surface area contributed by atoms with Crippen molar-refractivity contribution in [1.29, 1.82) is 0 Å². The highest BCUT2D eigenvalue weighted by atomic mass is 16.5. The topological polar surface area (TPSA) is 238 Å². The van der Waals surface area contributed by atoms with E-state index in [0.717, 1.165) is 22.3 Å². The molecule has 0 spiro atoms. The number of hydrogen-bond donors (Lipinski definition) is 7. The molecule has 0 saturated carbocycles. The van der Waals surface area contributed by atoms with Crippen LogP contribution >= 0.6 is 0 Å². The standard InChI is InChI=1S/C39H64N6O11/c1-27-28(2)37-31(29(3)36(27)51)19-20-39(5,56-37)38(52)42-23-11-8-14-26-45(55)35(50)18-16-33(48)41-22-10-7-13-25-44(54)34(49)17-15-32(47)40-21-9-6-12-24-43(53)30(4)46/h51,53-55H,6-26H2,1-5H3,(H,40,47)(H,41,48)(H,42,52)/t39-/m0/s1. The largest absolute Gasteiger partial charge is 0.507 e. The minimum Gasteiger partial charge on any atom is -0.507 e. The maximum Gasteiger partial charge on any atom is 0.263 e. The monoisotopic (exact) mass is 792 g/mol. The number of carbonyl (C=O) groups is 6. The van der Waals surface area contributed by atoms with E-state index < -0.39 is 23.3 Å². The van der Waals surface area contributed by atoms with Gasteiger partial charge in [-0.25, -0.2) is 15.2 Å². The number of hydrogen-bond acceptors (Lipinski definition) is 11. The molecule has 1 aromatic rings. The SMILES string of the molecule is CC(=O)N(O)CCCCCNC(=O)CCC(=O)N(O)CCCCCNC(=O)CCC(=O)N(O)CCCCCNC(=O)[C@]1(C)CCc2c(C)c(O)c(C)c(C)c2O1. The molecule has 1 aromatic carbocycles. The highest BCUT2D eigenvalue weighted by Crippen LogP contribution is 2.43. The van der Waals surface area contributed by atoms with E-state index in [1.54, 1.807) is 6.92 Å². The number of benzene rings is 1. The number of nitrogens with one attached hydrogen (secondary N) is 3. The zero-order valence-electron chi connectivity index (χ0n) is 33.8. The summed E-state index contributed by atoms with van der Waals surface area (Å²) in [6, 6.07) is 0. The fraction of sp³-hybridized carbons (Fsp3) is 0.692. The zero-order chi connectivity index (χ0) is 41.8. The molecule has 0 aliphatic carbocycles. The van der Waals surface area contributed by atoms with Gasteiger partial charge in [0, 0.05) is 83.9 Å². The number of carbonyl (C=O) groups excluding carboxylic acids is 6. The highest BCUT2D eigenvalue weighted by Gasteiger charge is 2.40. The molecule has 316 valence electrons. The normalized spacial score (nSPS) is 14.6. The van der Waals surface area contributed by atoms with Crippen LogP contribution in [0.2, 0.25) is 0 Å². The van der Waals surface area contributed by atoms with E-state index in [4.69, 9.17) is 4.74 Å². The number of hydroxylamine groups is 6. The maximum absolute atomic E-state index is 13.0.